The molecule has 0 spiro atoms. The Balaban J connectivity index is 2.50. The average Bonchev–Trinajstić information content (AvgIpc) is 2.80. The summed E-state index contributed by atoms with van der Waals surface area (Å²) in [5.74, 6) is 0. The molecule has 104 valence electrons. The van der Waals surface area contributed by atoms with Gasteiger partial charge in [-0.1, -0.05) is 0 Å². The summed E-state index contributed by atoms with van der Waals surface area (Å²) in [5.41, 5.74) is -0.983. The lowest BCUT2D eigenvalue weighted by Crippen LogP contribution is -2.07. The largest absolute Gasteiger partial charge is 0.433 e. The zero-order chi connectivity index (χ0) is 14.4. The number of H-pyrrole nitrogens is 1. The summed E-state index contributed by atoms with van der Waals surface area (Å²) >= 11 is 0.761. The molecule has 0 radical (unpaired) electrons. The van der Waals surface area contributed by atoms with E-state index in [-0.39, 0.29) is 15.5 Å². The van der Waals surface area contributed by atoms with E-state index in [2.05, 4.69) is 5.10 Å². The van der Waals surface area contributed by atoms with Crippen molar-refractivity contribution in [3.63, 3.8) is 0 Å². The minimum absolute atomic E-state index is 0.0592. The molecule has 0 aliphatic rings. The molecule has 0 fully saturated rings. The maximum atomic E-state index is 12.6. The van der Waals surface area contributed by atoms with E-state index in [4.69, 9.17) is 10.7 Å². The number of hydrogen-bond acceptors (Lipinski definition) is 4. The maximum Gasteiger partial charge on any atom is 0.433 e. The van der Waals surface area contributed by atoms with Gasteiger partial charge >= 0.3 is 6.18 Å². The van der Waals surface area contributed by atoms with Crippen molar-refractivity contribution in [3.05, 3.63) is 23.4 Å². The van der Waals surface area contributed by atoms with Crippen LogP contribution in [-0.4, -0.2) is 18.6 Å². The van der Waals surface area contributed by atoms with E-state index in [0.29, 0.717) is 4.88 Å². The van der Waals surface area contributed by atoms with Crippen molar-refractivity contribution in [3.8, 4) is 10.6 Å². The topological polar surface area (TPSA) is 62.8 Å². The molecule has 2 rings (SSSR count). The van der Waals surface area contributed by atoms with Gasteiger partial charge in [-0.2, -0.15) is 18.3 Å². The molecule has 0 saturated heterocycles. The molecule has 2 aromatic heterocycles. The highest BCUT2D eigenvalue weighted by Gasteiger charge is 2.36. The van der Waals surface area contributed by atoms with Crippen molar-refractivity contribution in [2.45, 2.75) is 17.3 Å². The maximum absolute atomic E-state index is 12.6. The Morgan fingerprint density at radius 3 is 2.42 bits per heavy atom. The molecule has 2 heterocycles. The predicted octanol–water partition coefficient (Wildman–Crippen LogP) is 3.39. The third-order valence-corrected chi connectivity index (χ3v) is 5.53. The van der Waals surface area contributed by atoms with E-state index in [9.17, 15) is 21.6 Å². The van der Waals surface area contributed by atoms with Crippen LogP contribution < -0.4 is 0 Å². The summed E-state index contributed by atoms with van der Waals surface area (Å²) in [4.78, 5) is 0.295. The standard InChI is InChI=1S/C9H6ClF3N2O2S2/c1-4-7(14-15-8(4)9(11,12)13)5-2-3-6(18-5)19(10,16)17/h2-3H,1H3,(H,14,15). The Hall–Kier alpha value is -1.06. The van der Waals surface area contributed by atoms with Crippen LogP contribution >= 0.6 is 22.0 Å². The molecule has 10 heteroatoms. The molecule has 0 aliphatic carbocycles. The van der Waals surface area contributed by atoms with Gasteiger partial charge in [0.15, 0.2) is 0 Å². The van der Waals surface area contributed by atoms with Gasteiger partial charge in [0.25, 0.3) is 9.05 Å². The van der Waals surface area contributed by atoms with Gasteiger partial charge in [-0.05, 0) is 19.1 Å². The molecule has 0 amide bonds. The van der Waals surface area contributed by atoms with Crippen molar-refractivity contribution in [1.82, 2.24) is 10.2 Å². The first-order valence-electron chi connectivity index (χ1n) is 4.77. The Bertz CT molecular complexity index is 718. The van der Waals surface area contributed by atoms with Crippen LogP contribution in [0.25, 0.3) is 10.6 Å². The smallest absolute Gasteiger partial charge is 0.273 e. The number of nitrogens with one attached hydrogen (secondary N) is 1. The van der Waals surface area contributed by atoms with Crippen molar-refractivity contribution in [2.75, 3.05) is 0 Å². The highest BCUT2D eigenvalue weighted by atomic mass is 35.7. The van der Waals surface area contributed by atoms with Crippen LogP contribution in [0.15, 0.2) is 16.3 Å². The van der Waals surface area contributed by atoms with Crippen molar-refractivity contribution in [1.29, 1.82) is 0 Å². The van der Waals surface area contributed by atoms with Gasteiger partial charge in [-0.3, -0.25) is 5.10 Å². The minimum atomic E-state index is -4.53. The summed E-state index contributed by atoms with van der Waals surface area (Å²) in [5, 5.41) is 5.49. The molecule has 0 atom stereocenters. The lowest BCUT2D eigenvalue weighted by molar-refractivity contribution is -0.141. The second-order valence-electron chi connectivity index (χ2n) is 3.63. The van der Waals surface area contributed by atoms with Crippen LogP contribution in [0.3, 0.4) is 0 Å². The van der Waals surface area contributed by atoms with Crippen LogP contribution in [0.1, 0.15) is 11.3 Å². The van der Waals surface area contributed by atoms with E-state index < -0.39 is 20.9 Å². The summed E-state index contributed by atoms with van der Waals surface area (Å²) < 4.78 is 59.8. The van der Waals surface area contributed by atoms with Crippen LogP contribution in [0.4, 0.5) is 13.2 Å². The van der Waals surface area contributed by atoms with Gasteiger partial charge in [-0.15, -0.1) is 11.3 Å². The normalized spacial score (nSPS) is 12.9. The number of rotatable bonds is 2. The number of nitrogens with zero attached hydrogens (tertiary/aromatic N) is 1. The monoisotopic (exact) mass is 330 g/mol. The van der Waals surface area contributed by atoms with Crippen LogP contribution in [0.5, 0.6) is 0 Å². The third-order valence-electron chi connectivity index (χ3n) is 2.35. The molecular formula is C9H6ClF3N2O2S2. The number of thiophene rings is 1. The van der Waals surface area contributed by atoms with Crippen molar-refractivity contribution < 1.29 is 21.6 Å². The molecule has 19 heavy (non-hydrogen) atoms. The van der Waals surface area contributed by atoms with Gasteiger partial charge in [0.1, 0.15) is 15.6 Å². The Kier molecular flexibility index (Phi) is 3.40. The number of hydrogen-bond donors (Lipinski definition) is 1. The fourth-order valence-electron chi connectivity index (χ4n) is 1.49. The molecule has 0 aromatic carbocycles. The summed E-state index contributed by atoms with van der Waals surface area (Å²) in [6.07, 6.45) is -4.53. The molecule has 1 N–H and O–H groups in total. The highest BCUT2D eigenvalue weighted by molar-refractivity contribution is 8.15. The van der Waals surface area contributed by atoms with Crippen molar-refractivity contribution in [2.24, 2.45) is 0 Å². The second kappa shape index (κ2) is 4.50. The minimum Gasteiger partial charge on any atom is -0.273 e. The second-order valence-corrected chi connectivity index (χ2v) is 7.50. The fourth-order valence-corrected chi connectivity index (χ4v) is 3.61. The zero-order valence-electron chi connectivity index (χ0n) is 9.25. The van der Waals surface area contributed by atoms with Crippen LogP contribution in [0, 0.1) is 6.92 Å². The molecule has 0 unspecified atom stereocenters. The highest BCUT2D eigenvalue weighted by Crippen LogP contribution is 2.37. The molecule has 0 saturated carbocycles. The average molecular weight is 331 g/mol. The third kappa shape index (κ3) is 2.77. The predicted molar refractivity (Wildman–Crippen MR) is 64.7 cm³/mol. The number of alkyl halides is 3. The van der Waals surface area contributed by atoms with E-state index >= 15 is 0 Å². The number of aromatic nitrogens is 2. The Labute approximate surface area is 114 Å². The summed E-state index contributed by atoms with van der Waals surface area (Å²) in [6, 6.07) is 2.59. The Morgan fingerprint density at radius 2 is 2.00 bits per heavy atom. The molecule has 4 nitrogen and oxygen atoms in total. The fraction of sp³-hybridized carbons (Fsp3) is 0.222. The van der Waals surface area contributed by atoms with Crippen LogP contribution in [0.2, 0.25) is 0 Å². The Morgan fingerprint density at radius 1 is 1.37 bits per heavy atom. The molecular weight excluding hydrogens is 325 g/mol. The lowest BCUT2D eigenvalue weighted by Gasteiger charge is -2.03. The SMILES string of the molecule is Cc1c(-c2ccc(S(=O)(=O)Cl)s2)n[nH]c1C(F)(F)F. The first-order chi connectivity index (χ1) is 8.60. The molecule has 0 bridgehead atoms. The van der Waals surface area contributed by atoms with Gasteiger partial charge in [0.05, 0.1) is 4.88 Å². The quantitative estimate of drug-likeness (QED) is 0.858. The van der Waals surface area contributed by atoms with E-state index in [1.165, 1.54) is 19.1 Å². The van der Waals surface area contributed by atoms with Crippen molar-refractivity contribution >= 4 is 31.1 Å². The number of aromatic amines is 1. The van der Waals surface area contributed by atoms with Gasteiger partial charge in [0.2, 0.25) is 0 Å². The van der Waals surface area contributed by atoms with Crippen LogP contribution in [-0.2, 0) is 15.2 Å². The van der Waals surface area contributed by atoms with Gasteiger partial charge in [-0.25, -0.2) is 8.42 Å². The lowest BCUT2D eigenvalue weighted by atomic mass is 10.2. The van der Waals surface area contributed by atoms with Gasteiger partial charge in [0, 0.05) is 16.2 Å². The first-order valence-corrected chi connectivity index (χ1v) is 7.90. The van der Waals surface area contributed by atoms with E-state index in [1.807, 2.05) is 5.10 Å². The molecule has 2 aromatic rings. The zero-order valence-corrected chi connectivity index (χ0v) is 11.6. The number of halogens is 4. The first kappa shape index (κ1) is 14.4. The van der Waals surface area contributed by atoms with Gasteiger partial charge < -0.3 is 0 Å². The van der Waals surface area contributed by atoms with E-state index in [1.54, 1.807) is 0 Å². The summed E-state index contributed by atoms with van der Waals surface area (Å²) in [7, 11) is 1.26. The summed E-state index contributed by atoms with van der Waals surface area (Å²) in [6.45, 7) is 1.26. The molecule has 0 aliphatic heterocycles. The van der Waals surface area contributed by atoms with E-state index in [0.717, 1.165) is 11.3 Å².